The molecular formula is C11H13NO2. The van der Waals surface area contributed by atoms with Crippen molar-refractivity contribution in [2.75, 3.05) is 11.9 Å². The maximum atomic E-state index is 10.7. The summed E-state index contributed by atoms with van der Waals surface area (Å²) >= 11 is 0. The minimum atomic E-state index is -0.0800. The molecule has 0 saturated heterocycles. The van der Waals surface area contributed by atoms with E-state index >= 15 is 0 Å². The number of aliphatic hydroxyl groups excluding tert-OH is 1. The van der Waals surface area contributed by atoms with Crippen LogP contribution >= 0.6 is 0 Å². The van der Waals surface area contributed by atoms with E-state index in [1.165, 1.54) is 6.92 Å². The molecule has 1 aromatic rings. The van der Waals surface area contributed by atoms with Crippen LogP contribution in [0.25, 0.3) is 6.08 Å². The molecule has 3 heteroatoms. The molecule has 0 heterocycles. The molecule has 0 radical (unpaired) electrons. The summed E-state index contributed by atoms with van der Waals surface area (Å²) in [4.78, 5) is 10.7. The summed E-state index contributed by atoms with van der Waals surface area (Å²) in [6.07, 6.45) is 3.48. The Labute approximate surface area is 83.1 Å². The fourth-order valence-corrected chi connectivity index (χ4v) is 1.07. The highest BCUT2D eigenvalue weighted by molar-refractivity contribution is 5.88. The van der Waals surface area contributed by atoms with Crippen molar-refractivity contribution in [3.05, 3.63) is 35.9 Å². The Hall–Kier alpha value is -1.61. The van der Waals surface area contributed by atoms with Gasteiger partial charge in [0.05, 0.1) is 6.61 Å². The van der Waals surface area contributed by atoms with Crippen LogP contribution in [0.15, 0.2) is 30.3 Å². The Morgan fingerprint density at radius 2 is 2.07 bits per heavy atom. The summed E-state index contributed by atoms with van der Waals surface area (Å²) in [5.74, 6) is -0.0800. The highest BCUT2D eigenvalue weighted by Gasteiger charge is 1.93. The second-order valence-electron chi connectivity index (χ2n) is 2.89. The third kappa shape index (κ3) is 3.41. The molecule has 3 nitrogen and oxygen atoms in total. The highest BCUT2D eigenvalue weighted by Crippen LogP contribution is 2.10. The lowest BCUT2D eigenvalue weighted by Gasteiger charge is -2.01. The van der Waals surface area contributed by atoms with Gasteiger partial charge in [-0.15, -0.1) is 0 Å². The van der Waals surface area contributed by atoms with Gasteiger partial charge < -0.3 is 10.4 Å². The molecule has 0 unspecified atom stereocenters. The van der Waals surface area contributed by atoms with Crippen molar-refractivity contribution in [3.8, 4) is 0 Å². The van der Waals surface area contributed by atoms with Crippen LogP contribution in [0.4, 0.5) is 5.69 Å². The van der Waals surface area contributed by atoms with Crippen LogP contribution in [-0.2, 0) is 4.79 Å². The van der Waals surface area contributed by atoms with Crippen LogP contribution in [0.2, 0.25) is 0 Å². The van der Waals surface area contributed by atoms with Crippen LogP contribution in [-0.4, -0.2) is 17.6 Å². The summed E-state index contributed by atoms with van der Waals surface area (Å²) in [5.41, 5.74) is 1.77. The molecule has 0 fully saturated rings. The average Bonchev–Trinajstić information content (AvgIpc) is 2.16. The third-order valence-electron chi connectivity index (χ3n) is 1.65. The normalized spacial score (nSPS) is 10.4. The van der Waals surface area contributed by atoms with Gasteiger partial charge in [-0.2, -0.15) is 0 Å². The van der Waals surface area contributed by atoms with E-state index in [2.05, 4.69) is 5.32 Å². The summed E-state index contributed by atoms with van der Waals surface area (Å²) < 4.78 is 0. The van der Waals surface area contributed by atoms with Crippen molar-refractivity contribution in [3.63, 3.8) is 0 Å². The lowest BCUT2D eigenvalue weighted by atomic mass is 10.2. The third-order valence-corrected chi connectivity index (χ3v) is 1.65. The van der Waals surface area contributed by atoms with E-state index in [-0.39, 0.29) is 12.5 Å². The van der Waals surface area contributed by atoms with Gasteiger partial charge in [0.25, 0.3) is 0 Å². The number of carbonyl (C=O) groups is 1. The molecule has 0 aliphatic heterocycles. The first-order valence-electron chi connectivity index (χ1n) is 4.37. The Kier molecular flexibility index (Phi) is 3.88. The first kappa shape index (κ1) is 10.5. The molecule has 1 rings (SSSR count). The quantitative estimate of drug-likeness (QED) is 0.763. The number of hydrogen-bond donors (Lipinski definition) is 2. The molecule has 0 bridgehead atoms. The maximum Gasteiger partial charge on any atom is 0.221 e. The zero-order valence-electron chi connectivity index (χ0n) is 8.03. The van der Waals surface area contributed by atoms with Gasteiger partial charge in [0.2, 0.25) is 5.91 Å². The second kappa shape index (κ2) is 5.19. The number of amides is 1. The molecule has 0 aromatic heterocycles. The second-order valence-corrected chi connectivity index (χ2v) is 2.89. The molecule has 0 aliphatic carbocycles. The first-order valence-corrected chi connectivity index (χ1v) is 4.37. The Morgan fingerprint density at radius 3 is 2.57 bits per heavy atom. The van der Waals surface area contributed by atoms with Crippen LogP contribution in [0.5, 0.6) is 0 Å². The van der Waals surface area contributed by atoms with Gasteiger partial charge in [-0.3, -0.25) is 4.79 Å². The summed E-state index contributed by atoms with van der Waals surface area (Å²) in [6, 6.07) is 7.38. The van der Waals surface area contributed by atoms with E-state index < -0.39 is 0 Å². The molecule has 0 aliphatic rings. The Bertz CT molecular complexity index is 328. The van der Waals surface area contributed by atoms with Crippen molar-refractivity contribution in [1.29, 1.82) is 0 Å². The van der Waals surface area contributed by atoms with Crippen molar-refractivity contribution in [2.45, 2.75) is 6.92 Å². The molecule has 74 valence electrons. The van der Waals surface area contributed by atoms with Gasteiger partial charge in [-0.25, -0.2) is 0 Å². The van der Waals surface area contributed by atoms with E-state index in [1.807, 2.05) is 30.3 Å². The SMILES string of the molecule is CC(=O)Nc1ccc(/C=C/CO)cc1. The zero-order chi connectivity index (χ0) is 10.4. The lowest BCUT2D eigenvalue weighted by Crippen LogP contribution is -2.05. The summed E-state index contributed by atoms with van der Waals surface area (Å²) in [6.45, 7) is 1.51. The number of aliphatic hydroxyl groups is 1. The van der Waals surface area contributed by atoms with E-state index in [0.29, 0.717) is 0 Å². The van der Waals surface area contributed by atoms with Crippen molar-refractivity contribution in [2.24, 2.45) is 0 Å². The molecular weight excluding hydrogens is 178 g/mol. The summed E-state index contributed by atoms with van der Waals surface area (Å²) in [5, 5.41) is 11.2. The molecule has 1 aromatic carbocycles. The van der Waals surface area contributed by atoms with Crippen LogP contribution < -0.4 is 5.32 Å². The van der Waals surface area contributed by atoms with Crippen LogP contribution in [0.3, 0.4) is 0 Å². The largest absolute Gasteiger partial charge is 0.392 e. The fraction of sp³-hybridized carbons (Fsp3) is 0.182. The first-order chi connectivity index (χ1) is 6.72. The predicted molar refractivity (Wildman–Crippen MR) is 56.9 cm³/mol. The van der Waals surface area contributed by atoms with Crippen LogP contribution in [0, 0.1) is 0 Å². The number of nitrogens with one attached hydrogen (secondary N) is 1. The number of benzene rings is 1. The standard InChI is InChI=1S/C11H13NO2/c1-9(14)12-11-6-4-10(5-7-11)3-2-8-13/h2-7,13H,8H2,1H3,(H,12,14)/b3-2+. The monoisotopic (exact) mass is 191 g/mol. The lowest BCUT2D eigenvalue weighted by molar-refractivity contribution is -0.114. The van der Waals surface area contributed by atoms with Crippen molar-refractivity contribution >= 4 is 17.7 Å². The maximum absolute atomic E-state index is 10.7. The topological polar surface area (TPSA) is 49.3 Å². The van der Waals surface area contributed by atoms with Crippen LogP contribution in [0.1, 0.15) is 12.5 Å². The minimum Gasteiger partial charge on any atom is -0.392 e. The average molecular weight is 191 g/mol. The number of anilines is 1. The Morgan fingerprint density at radius 1 is 1.43 bits per heavy atom. The molecule has 1 amide bonds. The highest BCUT2D eigenvalue weighted by atomic mass is 16.2. The Balaban J connectivity index is 2.68. The van der Waals surface area contributed by atoms with Gasteiger partial charge in [0.1, 0.15) is 0 Å². The number of hydrogen-bond acceptors (Lipinski definition) is 2. The van der Waals surface area contributed by atoms with E-state index in [9.17, 15) is 4.79 Å². The molecule has 0 atom stereocenters. The molecule has 2 N–H and O–H groups in total. The molecule has 0 spiro atoms. The summed E-state index contributed by atoms with van der Waals surface area (Å²) in [7, 11) is 0. The molecule has 14 heavy (non-hydrogen) atoms. The van der Waals surface area contributed by atoms with E-state index in [4.69, 9.17) is 5.11 Å². The van der Waals surface area contributed by atoms with Crippen molar-refractivity contribution in [1.82, 2.24) is 0 Å². The number of rotatable bonds is 3. The van der Waals surface area contributed by atoms with Crippen molar-refractivity contribution < 1.29 is 9.90 Å². The van der Waals surface area contributed by atoms with Gasteiger partial charge in [-0.1, -0.05) is 24.3 Å². The van der Waals surface area contributed by atoms with Gasteiger partial charge >= 0.3 is 0 Å². The zero-order valence-corrected chi connectivity index (χ0v) is 8.03. The van der Waals surface area contributed by atoms with E-state index in [1.54, 1.807) is 6.08 Å². The van der Waals surface area contributed by atoms with Gasteiger partial charge in [0, 0.05) is 12.6 Å². The van der Waals surface area contributed by atoms with E-state index in [0.717, 1.165) is 11.3 Å². The minimum absolute atomic E-state index is 0.0352. The van der Waals surface area contributed by atoms with Gasteiger partial charge in [0.15, 0.2) is 0 Å². The van der Waals surface area contributed by atoms with Gasteiger partial charge in [-0.05, 0) is 17.7 Å². The number of carbonyl (C=O) groups excluding carboxylic acids is 1. The smallest absolute Gasteiger partial charge is 0.221 e. The fourth-order valence-electron chi connectivity index (χ4n) is 1.07. The molecule has 0 saturated carbocycles. The predicted octanol–water partition coefficient (Wildman–Crippen LogP) is 1.65.